The molecule has 3 aromatic rings. The quantitative estimate of drug-likeness (QED) is 0.590. The van der Waals surface area contributed by atoms with E-state index in [0.29, 0.717) is 11.3 Å². The number of rotatable bonds is 6. The Kier molecular flexibility index (Phi) is 6.39. The lowest BCUT2D eigenvalue weighted by molar-refractivity contribution is -0.116. The van der Waals surface area contributed by atoms with E-state index in [4.69, 9.17) is 0 Å². The monoisotopic (exact) mass is 422 g/mol. The van der Waals surface area contributed by atoms with E-state index in [2.05, 4.69) is 26.6 Å². The van der Waals surface area contributed by atoms with Crippen molar-refractivity contribution in [3.63, 3.8) is 0 Å². The zero-order chi connectivity index (χ0) is 19.1. The molecule has 0 saturated carbocycles. The third-order valence-corrected chi connectivity index (χ3v) is 4.53. The fourth-order valence-electron chi connectivity index (χ4n) is 2.73. The predicted octanol–water partition coefficient (Wildman–Crippen LogP) is 4.95. The lowest BCUT2D eigenvalue weighted by Crippen LogP contribution is -2.31. The molecule has 2 N–H and O–H groups in total. The van der Waals surface area contributed by atoms with E-state index in [9.17, 15) is 9.59 Å². The van der Waals surface area contributed by atoms with Gasteiger partial charge in [0.25, 0.3) is 5.91 Å². The summed E-state index contributed by atoms with van der Waals surface area (Å²) in [7, 11) is 0. The highest BCUT2D eigenvalue weighted by atomic mass is 79.9. The van der Waals surface area contributed by atoms with Gasteiger partial charge in [-0.3, -0.25) is 9.59 Å². The van der Waals surface area contributed by atoms with Gasteiger partial charge in [-0.05, 0) is 35.9 Å². The summed E-state index contributed by atoms with van der Waals surface area (Å²) >= 11 is 3.39. The molecule has 5 heteroatoms. The molecule has 3 rings (SSSR count). The van der Waals surface area contributed by atoms with Crippen LogP contribution in [-0.4, -0.2) is 11.8 Å². The van der Waals surface area contributed by atoms with Gasteiger partial charge < -0.3 is 10.6 Å². The Morgan fingerprint density at radius 2 is 1.52 bits per heavy atom. The molecule has 0 fully saturated rings. The standard InChI is InChI=1S/C22H19BrN2O2/c23-18-12-7-13-19(14-18)24-21(26)15-20(16-8-3-1-4-9-16)25-22(27)17-10-5-2-6-11-17/h1-14,20H,15H2,(H,24,26)(H,25,27). The smallest absolute Gasteiger partial charge is 0.251 e. The van der Waals surface area contributed by atoms with Crippen molar-refractivity contribution in [3.05, 3.63) is 101 Å². The summed E-state index contributed by atoms with van der Waals surface area (Å²) in [4.78, 5) is 25.1. The maximum Gasteiger partial charge on any atom is 0.251 e. The molecule has 1 unspecified atom stereocenters. The minimum atomic E-state index is -0.425. The summed E-state index contributed by atoms with van der Waals surface area (Å²) in [6, 6.07) is 25.5. The van der Waals surface area contributed by atoms with Crippen molar-refractivity contribution < 1.29 is 9.59 Å². The van der Waals surface area contributed by atoms with Crippen molar-refractivity contribution in [2.75, 3.05) is 5.32 Å². The molecule has 0 saturated heterocycles. The van der Waals surface area contributed by atoms with Crippen LogP contribution in [0.4, 0.5) is 5.69 Å². The number of halogens is 1. The van der Waals surface area contributed by atoms with Crippen LogP contribution in [0, 0.1) is 0 Å². The van der Waals surface area contributed by atoms with Crippen LogP contribution in [-0.2, 0) is 4.79 Å². The van der Waals surface area contributed by atoms with Crippen molar-refractivity contribution in [1.82, 2.24) is 5.32 Å². The molecule has 0 spiro atoms. The van der Waals surface area contributed by atoms with Crippen molar-refractivity contribution in [3.8, 4) is 0 Å². The van der Waals surface area contributed by atoms with Crippen LogP contribution in [0.25, 0.3) is 0 Å². The Morgan fingerprint density at radius 3 is 2.19 bits per heavy atom. The van der Waals surface area contributed by atoms with E-state index < -0.39 is 6.04 Å². The van der Waals surface area contributed by atoms with Crippen LogP contribution in [0.3, 0.4) is 0 Å². The molecule has 0 heterocycles. The molecule has 27 heavy (non-hydrogen) atoms. The van der Waals surface area contributed by atoms with Crippen LogP contribution in [0.15, 0.2) is 89.4 Å². The molecule has 3 aromatic carbocycles. The van der Waals surface area contributed by atoms with Crippen LogP contribution < -0.4 is 10.6 Å². The van der Waals surface area contributed by atoms with Crippen LogP contribution in [0.5, 0.6) is 0 Å². The minimum Gasteiger partial charge on any atom is -0.345 e. The van der Waals surface area contributed by atoms with Crippen molar-refractivity contribution >= 4 is 33.4 Å². The summed E-state index contributed by atoms with van der Waals surface area (Å²) in [6.07, 6.45) is 0.134. The Labute approximate surface area is 166 Å². The Hall–Kier alpha value is -2.92. The van der Waals surface area contributed by atoms with Gasteiger partial charge >= 0.3 is 0 Å². The fourth-order valence-corrected chi connectivity index (χ4v) is 3.13. The maximum absolute atomic E-state index is 12.6. The van der Waals surface area contributed by atoms with E-state index in [0.717, 1.165) is 10.0 Å². The Balaban J connectivity index is 1.74. The fraction of sp³-hybridized carbons (Fsp3) is 0.0909. The highest BCUT2D eigenvalue weighted by Crippen LogP contribution is 2.20. The molecule has 0 bridgehead atoms. The van der Waals surface area contributed by atoms with Gasteiger partial charge in [-0.1, -0.05) is 70.5 Å². The second-order valence-electron chi connectivity index (χ2n) is 6.07. The molecule has 0 aromatic heterocycles. The summed E-state index contributed by atoms with van der Waals surface area (Å²) < 4.78 is 0.886. The molecule has 2 amide bonds. The summed E-state index contributed by atoms with van der Waals surface area (Å²) in [6.45, 7) is 0. The first-order valence-electron chi connectivity index (χ1n) is 8.58. The second-order valence-corrected chi connectivity index (χ2v) is 6.98. The third-order valence-electron chi connectivity index (χ3n) is 4.04. The van der Waals surface area contributed by atoms with Gasteiger partial charge in [-0.2, -0.15) is 0 Å². The van der Waals surface area contributed by atoms with E-state index in [1.54, 1.807) is 12.1 Å². The molecule has 0 aliphatic carbocycles. The highest BCUT2D eigenvalue weighted by Gasteiger charge is 2.19. The minimum absolute atomic E-state index is 0.134. The first-order chi connectivity index (χ1) is 13.1. The molecule has 1 atom stereocenters. The normalized spacial score (nSPS) is 11.4. The van der Waals surface area contributed by atoms with Gasteiger partial charge in [0.15, 0.2) is 0 Å². The molecule has 0 aliphatic heterocycles. The lowest BCUT2D eigenvalue weighted by atomic mass is 10.0. The van der Waals surface area contributed by atoms with Crippen molar-refractivity contribution in [2.45, 2.75) is 12.5 Å². The summed E-state index contributed by atoms with van der Waals surface area (Å²) in [5, 5.41) is 5.84. The number of anilines is 1. The third kappa shape index (κ3) is 5.53. The number of hydrogen-bond donors (Lipinski definition) is 2. The zero-order valence-corrected chi connectivity index (χ0v) is 16.1. The zero-order valence-electron chi connectivity index (χ0n) is 14.6. The number of benzene rings is 3. The molecular formula is C22H19BrN2O2. The molecule has 4 nitrogen and oxygen atoms in total. The van der Waals surface area contributed by atoms with Gasteiger partial charge in [0.1, 0.15) is 0 Å². The number of carbonyl (C=O) groups excluding carboxylic acids is 2. The highest BCUT2D eigenvalue weighted by molar-refractivity contribution is 9.10. The lowest BCUT2D eigenvalue weighted by Gasteiger charge is -2.19. The SMILES string of the molecule is O=C(CC(NC(=O)c1ccccc1)c1ccccc1)Nc1cccc(Br)c1. The Morgan fingerprint density at radius 1 is 0.852 bits per heavy atom. The second kappa shape index (κ2) is 9.14. The predicted molar refractivity (Wildman–Crippen MR) is 110 cm³/mol. The number of amides is 2. The van der Waals surface area contributed by atoms with E-state index >= 15 is 0 Å². The van der Waals surface area contributed by atoms with Gasteiger partial charge in [0.2, 0.25) is 5.91 Å². The number of hydrogen-bond acceptors (Lipinski definition) is 2. The molecule has 136 valence electrons. The van der Waals surface area contributed by atoms with Crippen molar-refractivity contribution in [1.29, 1.82) is 0 Å². The van der Waals surface area contributed by atoms with Gasteiger partial charge in [-0.25, -0.2) is 0 Å². The van der Waals surface area contributed by atoms with E-state index in [1.807, 2.05) is 72.8 Å². The van der Waals surface area contributed by atoms with Crippen LogP contribution in [0.2, 0.25) is 0 Å². The van der Waals surface area contributed by atoms with E-state index in [1.165, 1.54) is 0 Å². The van der Waals surface area contributed by atoms with E-state index in [-0.39, 0.29) is 18.2 Å². The van der Waals surface area contributed by atoms with Gasteiger partial charge in [0.05, 0.1) is 12.5 Å². The van der Waals surface area contributed by atoms with Gasteiger partial charge in [-0.15, -0.1) is 0 Å². The summed E-state index contributed by atoms with van der Waals surface area (Å²) in [5.41, 5.74) is 2.15. The number of carbonyl (C=O) groups is 2. The number of nitrogens with one attached hydrogen (secondary N) is 2. The molecule has 0 aliphatic rings. The average molecular weight is 423 g/mol. The molecular weight excluding hydrogens is 404 g/mol. The van der Waals surface area contributed by atoms with Gasteiger partial charge in [0, 0.05) is 15.7 Å². The summed E-state index contributed by atoms with van der Waals surface area (Å²) in [5.74, 6) is -0.380. The first-order valence-corrected chi connectivity index (χ1v) is 9.37. The molecule has 0 radical (unpaired) electrons. The largest absolute Gasteiger partial charge is 0.345 e. The average Bonchev–Trinajstić information content (AvgIpc) is 2.69. The maximum atomic E-state index is 12.6. The van der Waals surface area contributed by atoms with Crippen LogP contribution >= 0.6 is 15.9 Å². The van der Waals surface area contributed by atoms with Crippen LogP contribution in [0.1, 0.15) is 28.4 Å². The Bertz CT molecular complexity index is 914. The van der Waals surface area contributed by atoms with Crippen molar-refractivity contribution in [2.24, 2.45) is 0 Å². The topological polar surface area (TPSA) is 58.2 Å². The first kappa shape index (κ1) is 18.9.